The first-order valence-corrected chi connectivity index (χ1v) is 8.88. The molecule has 0 radical (unpaired) electrons. The van der Waals surface area contributed by atoms with E-state index in [2.05, 4.69) is 38.7 Å². The van der Waals surface area contributed by atoms with E-state index >= 15 is 0 Å². The molecule has 1 aromatic rings. The predicted octanol–water partition coefficient (Wildman–Crippen LogP) is 4.33. The van der Waals surface area contributed by atoms with Gasteiger partial charge in [0.1, 0.15) is 0 Å². The zero-order chi connectivity index (χ0) is 16.9. The summed E-state index contributed by atoms with van der Waals surface area (Å²) in [5.41, 5.74) is 3.19. The van der Waals surface area contributed by atoms with Gasteiger partial charge in [-0.25, -0.2) is 4.79 Å². The van der Waals surface area contributed by atoms with Crippen molar-refractivity contribution >= 4 is 5.97 Å². The molecule has 0 aliphatic carbocycles. The van der Waals surface area contributed by atoms with E-state index in [1.807, 2.05) is 12.1 Å². The molecule has 0 saturated carbocycles. The van der Waals surface area contributed by atoms with Gasteiger partial charge in [0.15, 0.2) is 0 Å². The Labute approximate surface area is 141 Å². The molecule has 0 unspecified atom stereocenters. The van der Waals surface area contributed by atoms with Crippen LogP contribution in [0.5, 0.6) is 0 Å². The van der Waals surface area contributed by atoms with Crippen LogP contribution in [0, 0.1) is 6.92 Å². The number of aryl methyl sites for hydroxylation is 1. The number of rotatable bonds is 5. The Morgan fingerprint density at radius 3 is 2.48 bits per heavy atom. The average molecular weight is 317 g/mol. The number of benzene rings is 1. The molecule has 1 aromatic carbocycles. The summed E-state index contributed by atoms with van der Waals surface area (Å²) >= 11 is 0. The third-order valence-electron chi connectivity index (χ3n) is 4.57. The predicted molar refractivity (Wildman–Crippen MR) is 95.1 cm³/mol. The molecular formula is C20H31NO2. The van der Waals surface area contributed by atoms with Crippen LogP contribution in [-0.4, -0.2) is 37.1 Å². The van der Waals surface area contributed by atoms with Crippen LogP contribution in [0.2, 0.25) is 0 Å². The van der Waals surface area contributed by atoms with Gasteiger partial charge in [0.25, 0.3) is 0 Å². The van der Waals surface area contributed by atoms with Crippen molar-refractivity contribution in [3.63, 3.8) is 0 Å². The quantitative estimate of drug-likeness (QED) is 0.598. The van der Waals surface area contributed by atoms with Gasteiger partial charge in [-0.2, -0.15) is 0 Å². The van der Waals surface area contributed by atoms with E-state index in [4.69, 9.17) is 4.74 Å². The zero-order valence-electron chi connectivity index (χ0n) is 15.2. The Hall–Kier alpha value is -1.35. The summed E-state index contributed by atoms with van der Waals surface area (Å²) in [5, 5.41) is 0. The third kappa shape index (κ3) is 5.35. The molecule has 1 saturated heterocycles. The molecule has 128 valence electrons. The van der Waals surface area contributed by atoms with Crippen LogP contribution in [0.4, 0.5) is 0 Å². The van der Waals surface area contributed by atoms with Crippen molar-refractivity contribution in [1.29, 1.82) is 0 Å². The van der Waals surface area contributed by atoms with E-state index in [9.17, 15) is 4.79 Å². The zero-order valence-corrected chi connectivity index (χ0v) is 15.2. The number of ether oxygens (including phenoxy) is 1. The molecule has 1 heterocycles. The summed E-state index contributed by atoms with van der Waals surface area (Å²) in [6.07, 6.45) is 4.89. The van der Waals surface area contributed by atoms with Gasteiger partial charge in [-0.3, -0.25) is 0 Å². The lowest BCUT2D eigenvalue weighted by molar-refractivity contribution is 0.0485. The molecule has 0 atom stereocenters. The van der Waals surface area contributed by atoms with Crippen molar-refractivity contribution in [1.82, 2.24) is 4.90 Å². The molecule has 0 amide bonds. The van der Waals surface area contributed by atoms with Gasteiger partial charge in [0.2, 0.25) is 0 Å². The summed E-state index contributed by atoms with van der Waals surface area (Å²) in [6, 6.07) is 5.90. The number of nitrogens with zero attached hydrogens (tertiary/aromatic N) is 1. The standard InChI is InChI=1S/C20H31NO2/c1-16-15-17(9-10-18(16)20(2,3)4)19(22)23-14-8-13-21-11-6-5-7-12-21/h9-10,15H,5-8,11-14H2,1-4H3. The van der Waals surface area contributed by atoms with Crippen LogP contribution >= 0.6 is 0 Å². The minimum Gasteiger partial charge on any atom is -0.462 e. The maximum Gasteiger partial charge on any atom is 0.338 e. The lowest BCUT2D eigenvalue weighted by atomic mass is 9.83. The molecule has 3 heteroatoms. The first-order valence-electron chi connectivity index (χ1n) is 8.88. The number of esters is 1. The van der Waals surface area contributed by atoms with Crippen LogP contribution < -0.4 is 0 Å². The van der Waals surface area contributed by atoms with Gasteiger partial charge >= 0.3 is 5.97 Å². The highest BCUT2D eigenvalue weighted by Crippen LogP contribution is 2.26. The number of hydrogen-bond donors (Lipinski definition) is 0. The number of carbonyl (C=O) groups excluding carboxylic acids is 1. The molecule has 1 aliphatic rings. The molecule has 23 heavy (non-hydrogen) atoms. The van der Waals surface area contributed by atoms with Gasteiger partial charge in [-0.05, 0) is 68.0 Å². The maximum absolute atomic E-state index is 12.2. The second-order valence-electron chi connectivity index (χ2n) is 7.67. The summed E-state index contributed by atoms with van der Waals surface area (Å²) in [6.45, 7) is 12.6. The second-order valence-corrected chi connectivity index (χ2v) is 7.67. The average Bonchev–Trinajstić information content (AvgIpc) is 2.51. The summed E-state index contributed by atoms with van der Waals surface area (Å²) in [4.78, 5) is 14.6. The number of carbonyl (C=O) groups is 1. The van der Waals surface area contributed by atoms with Gasteiger partial charge in [0, 0.05) is 6.54 Å². The second kappa shape index (κ2) is 7.96. The van der Waals surface area contributed by atoms with Crippen LogP contribution in [-0.2, 0) is 10.2 Å². The van der Waals surface area contributed by atoms with Gasteiger partial charge in [-0.15, -0.1) is 0 Å². The first-order chi connectivity index (χ1) is 10.9. The molecular weight excluding hydrogens is 286 g/mol. The highest BCUT2D eigenvalue weighted by atomic mass is 16.5. The van der Waals surface area contributed by atoms with Crippen molar-refractivity contribution in [2.24, 2.45) is 0 Å². The fourth-order valence-electron chi connectivity index (χ4n) is 3.35. The van der Waals surface area contributed by atoms with Crippen molar-refractivity contribution in [2.75, 3.05) is 26.2 Å². The molecule has 1 fully saturated rings. The monoisotopic (exact) mass is 317 g/mol. The summed E-state index contributed by atoms with van der Waals surface area (Å²) < 4.78 is 5.43. The minimum absolute atomic E-state index is 0.0982. The van der Waals surface area contributed by atoms with Crippen molar-refractivity contribution < 1.29 is 9.53 Å². The fraction of sp³-hybridized carbons (Fsp3) is 0.650. The van der Waals surface area contributed by atoms with E-state index in [1.165, 1.54) is 37.9 Å². The molecule has 3 nitrogen and oxygen atoms in total. The summed E-state index contributed by atoms with van der Waals surface area (Å²) in [5.74, 6) is -0.202. The lowest BCUT2D eigenvalue weighted by Gasteiger charge is -2.26. The van der Waals surface area contributed by atoms with Crippen LogP contribution in [0.15, 0.2) is 18.2 Å². The van der Waals surface area contributed by atoms with Gasteiger partial charge in [-0.1, -0.05) is 33.3 Å². The van der Waals surface area contributed by atoms with E-state index in [1.54, 1.807) is 0 Å². The van der Waals surface area contributed by atoms with Crippen LogP contribution in [0.25, 0.3) is 0 Å². The highest BCUT2D eigenvalue weighted by molar-refractivity contribution is 5.89. The minimum atomic E-state index is -0.202. The third-order valence-corrected chi connectivity index (χ3v) is 4.57. The fourth-order valence-corrected chi connectivity index (χ4v) is 3.35. The molecule has 0 aromatic heterocycles. The topological polar surface area (TPSA) is 29.5 Å². The lowest BCUT2D eigenvalue weighted by Crippen LogP contribution is -2.31. The normalized spacial score (nSPS) is 16.3. The Morgan fingerprint density at radius 1 is 1.17 bits per heavy atom. The summed E-state index contributed by atoms with van der Waals surface area (Å²) in [7, 11) is 0. The van der Waals surface area contributed by atoms with E-state index in [0.29, 0.717) is 12.2 Å². The maximum atomic E-state index is 12.2. The number of hydrogen-bond acceptors (Lipinski definition) is 3. The van der Waals surface area contributed by atoms with Gasteiger partial charge in [0.05, 0.1) is 12.2 Å². The molecule has 0 spiro atoms. The van der Waals surface area contributed by atoms with E-state index < -0.39 is 0 Å². The Bertz CT molecular complexity index is 525. The molecule has 2 rings (SSSR count). The van der Waals surface area contributed by atoms with Gasteiger partial charge < -0.3 is 9.64 Å². The van der Waals surface area contributed by atoms with Crippen molar-refractivity contribution in [2.45, 2.75) is 58.8 Å². The van der Waals surface area contributed by atoms with Crippen LogP contribution in [0.3, 0.4) is 0 Å². The van der Waals surface area contributed by atoms with E-state index in [-0.39, 0.29) is 11.4 Å². The first kappa shape index (κ1) is 18.0. The van der Waals surface area contributed by atoms with E-state index in [0.717, 1.165) is 18.5 Å². The highest BCUT2D eigenvalue weighted by Gasteiger charge is 2.18. The Kier molecular flexibility index (Phi) is 6.23. The number of likely N-dealkylation sites (tertiary alicyclic amines) is 1. The number of piperidine rings is 1. The smallest absolute Gasteiger partial charge is 0.338 e. The van der Waals surface area contributed by atoms with Crippen LogP contribution in [0.1, 0.15) is 67.9 Å². The van der Waals surface area contributed by atoms with Crippen molar-refractivity contribution in [3.8, 4) is 0 Å². The Morgan fingerprint density at radius 2 is 1.87 bits per heavy atom. The molecule has 0 bridgehead atoms. The largest absolute Gasteiger partial charge is 0.462 e. The molecule has 0 N–H and O–H groups in total. The molecule has 1 aliphatic heterocycles. The Balaban J connectivity index is 1.80. The van der Waals surface area contributed by atoms with Crippen molar-refractivity contribution in [3.05, 3.63) is 34.9 Å². The SMILES string of the molecule is Cc1cc(C(=O)OCCCN2CCCCC2)ccc1C(C)(C)C.